The lowest BCUT2D eigenvalue weighted by atomic mass is 10.1. The van der Waals surface area contributed by atoms with Crippen molar-refractivity contribution in [2.24, 2.45) is 0 Å². The Morgan fingerprint density at radius 1 is 1.12 bits per heavy atom. The summed E-state index contributed by atoms with van der Waals surface area (Å²) < 4.78 is 10.1. The fraction of sp³-hybridized carbons (Fsp3) is 0.619. The van der Waals surface area contributed by atoms with Crippen LogP contribution in [0.1, 0.15) is 57.8 Å². The van der Waals surface area contributed by atoms with Crippen LogP contribution in [-0.2, 0) is 19.1 Å². The summed E-state index contributed by atoms with van der Waals surface area (Å²) in [6.45, 7) is 0. The zero-order valence-electron chi connectivity index (χ0n) is 15.7. The predicted molar refractivity (Wildman–Crippen MR) is 102 cm³/mol. The number of epoxide rings is 1. The van der Waals surface area contributed by atoms with E-state index in [-0.39, 0.29) is 18.2 Å². The number of hydrogen-bond acceptors (Lipinski definition) is 5. The van der Waals surface area contributed by atoms with Crippen LogP contribution in [0.3, 0.4) is 0 Å². The zero-order chi connectivity index (χ0) is 19.0. The number of ether oxygens (including phenoxy) is 2. The number of esters is 1. The average Bonchev–Trinajstić information content (AvgIpc) is 3.40. The molecule has 0 aromatic carbocycles. The maximum atomic E-state index is 10.9. The molecule has 3 atom stereocenters. The lowest BCUT2D eigenvalue weighted by molar-refractivity contribution is -0.140. The number of unbranched alkanes of at least 4 members (excludes halogenated alkanes) is 4. The minimum Gasteiger partial charge on any atom is -0.469 e. The number of aliphatic hydroxyl groups is 1. The summed E-state index contributed by atoms with van der Waals surface area (Å²) in [5.74, 6) is -0.187. The van der Waals surface area contributed by atoms with Crippen molar-refractivity contribution in [1.29, 1.82) is 0 Å². The van der Waals surface area contributed by atoms with Gasteiger partial charge in [0, 0.05) is 12.8 Å². The van der Waals surface area contributed by atoms with Crippen LogP contribution in [0.4, 0.5) is 0 Å². The Hall–Kier alpha value is -1.72. The molecule has 0 aliphatic carbocycles. The zero-order valence-corrected chi connectivity index (χ0v) is 15.7. The Morgan fingerprint density at radius 3 is 2.62 bits per heavy atom. The van der Waals surface area contributed by atoms with Gasteiger partial charge in [0.1, 0.15) is 12.4 Å². The molecule has 1 fully saturated rings. The third kappa shape index (κ3) is 11.8. The van der Waals surface area contributed by atoms with E-state index < -0.39 is 6.10 Å². The summed E-state index contributed by atoms with van der Waals surface area (Å²) in [6.07, 6.45) is 19.8. The van der Waals surface area contributed by atoms with Crippen molar-refractivity contribution in [2.75, 3.05) is 7.11 Å². The quantitative estimate of drug-likeness (QED) is 0.158. The van der Waals surface area contributed by atoms with Crippen molar-refractivity contribution in [3.63, 3.8) is 0 Å². The van der Waals surface area contributed by atoms with E-state index in [0.29, 0.717) is 19.3 Å². The number of rotatable bonds is 15. The first-order chi connectivity index (χ1) is 12.7. The van der Waals surface area contributed by atoms with Crippen molar-refractivity contribution in [2.45, 2.75) is 76.1 Å². The molecule has 0 unspecified atom stereocenters. The highest BCUT2D eigenvalue weighted by Crippen LogP contribution is 2.27. The average molecular weight is 364 g/mol. The molecule has 1 saturated heterocycles. The van der Waals surface area contributed by atoms with E-state index in [1.54, 1.807) is 6.08 Å². The summed E-state index contributed by atoms with van der Waals surface area (Å²) in [5, 5.41) is 9.91. The van der Waals surface area contributed by atoms with Gasteiger partial charge in [-0.3, -0.25) is 4.79 Å². The van der Waals surface area contributed by atoms with Crippen LogP contribution < -0.4 is 0 Å². The van der Waals surface area contributed by atoms with Crippen LogP contribution >= 0.6 is 0 Å². The Morgan fingerprint density at radius 2 is 1.85 bits per heavy atom. The van der Waals surface area contributed by atoms with Crippen molar-refractivity contribution >= 4 is 12.3 Å². The molecular formula is C21H32O5. The molecule has 1 N–H and O–H groups in total. The molecule has 0 aromatic heterocycles. The molecule has 5 nitrogen and oxygen atoms in total. The molecule has 0 radical (unpaired) electrons. The van der Waals surface area contributed by atoms with Gasteiger partial charge in [0.15, 0.2) is 0 Å². The molecule has 1 aliphatic rings. The van der Waals surface area contributed by atoms with E-state index in [1.165, 1.54) is 7.11 Å². The Balaban J connectivity index is 2.03. The Labute approximate surface area is 156 Å². The van der Waals surface area contributed by atoms with Crippen LogP contribution in [0.2, 0.25) is 0 Å². The van der Waals surface area contributed by atoms with Gasteiger partial charge in [0.05, 0.1) is 19.3 Å². The second kappa shape index (κ2) is 14.4. The van der Waals surface area contributed by atoms with Crippen molar-refractivity contribution in [3.8, 4) is 0 Å². The predicted octanol–water partition coefficient (Wildman–Crippen LogP) is 3.67. The number of aliphatic hydroxyl groups excluding tert-OH is 1. The highest BCUT2D eigenvalue weighted by atomic mass is 16.6. The maximum Gasteiger partial charge on any atom is 0.305 e. The molecule has 1 aliphatic heterocycles. The molecule has 1 heterocycles. The number of methoxy groups -OCH3 is 1. The van der Waals surface area contributed by atoms with Gasteiger partial charge in [0.25, 0.3) is 0 Å². The summed E-state index contributed by atoms with van der Waals surface area (Å²) in [4.78, 5) is 21.1. The number of carbonyl (C=O) groups is 2. The number of allylic oxidation sites excluding steroid dienone is 2. The molecule has 0 spiro atoms. The highest BCUT2D eigenvalue weighted by molar-refractivity contribution is 5.69. The van der Waals surface area contributed by atoms with E-state index >= 15 is 0 Å². The largest absolute Gasteiger partial charge is 0.469 e. The molecule has 0 aromatic rings. The number of hydrogen-bond donors (Lipinski definition) is 1. The molecule has 26 heavy (non-hydrogen) atoms. The van der Waals surface area contributed by atoms with Crippen LogP contribution in [0, 0.1) is 0 Å². The van der Waals surface area contributed by atoms with E-state index in [1.807, 2.05) is 18.2 Å². The number of carbonyl (C=O) groups excluding carboxylic acids is 2. The first-order valence-corrected chi connectivity index (χ1v) is 9.49. The maximum absolute atomic E-state index is 10.9. The fourth-order valence-corrected chi connectivity index (χ4v) is 2.49. The Bertz CT molecular complexity index is 481. The minimum absolute atomic E-state index is 0.105. The Kier molecular flexibility index (Phi) is 12.4. The second-order valence-electron chi connectivity index (χ2n) is 6.43. The number of aldehydes is 1. The van der Waals surface area contributed by atoms with Gasteiger partial charge in [-0.2, -0.15) is 0 Å². The van der Waals surface area contributed by atoms with E-state index in [4.69, 9.17) is 4.74 Å². The molecule has 0 bridgehead atoms. The van der Waals surface area contributed by atoms with Crippen molar-refractivity contribution in [3.05, 3.63) is 36.5 Å². The van der Waals surface area contributed by atoms with Gasteiger partial charge in [0.2, 0.25) is 0 Å². The standard InChI is InChI=1S/C21H32O5/c1-25-21(24)14-10-6-5-8-12-18(23)15-16-20-19(26-20)13-9-4-2-3-7-11-17-22/h4-5,8-9,15-20,23H,2-3,6-7,10-14H2,1H3/b8-5-,9-4-,16-15+/t18-,19-,20-/m0/s1. The molecule has 146 valence electrons. The summed E-state index contributed by atoms with van der Waals surface area (Å²) in [5.41, 5.74) is 0. The third-order valence-electron chi connectivity index (χ3n) is 4.15. The van der Waals surface area contributed by atoms with E-state index in [0.717, 1.165) is 44.8 Å². The summed E-state index contributed by atoms with van der Waals surface area (Å²) >= 11 is 0. The van der Waals surface area contributed by atoms with E-state index in [9.17, 15) is 14.7 Å². The molecule has 5 heteroatoms. The molecule has 0 amide bonds. The molecular weight excluding hydrogens is 332 g/mol. The smallest absolute Gasteiger partial charge is 0.305 e. The van der Waals surface area contributed by atoms with Crippen LogP contribution in [-0.4, -0.2) is 42.8 Å². The van der Waals surface area contributed by atoms with Crippen LogP contribution in [0.25, 0.3) is 0 Å². The topological polar surface area (TPSA) is 76.1 Å². The second-order valence-corrected chi connectivity index (χ2v) is 6.43. The van der Waals surface area contributed by atoms with Crippen LogP contribution in [0.15, 0.2) is 36.5 Å². The third-order valence-corrected chi connectivity index (χ3v) is 4.15. The highest BCUT2D eigenvalue weighted by Gasteiger charge is 2.34. The van der Waals surface area contributed by atoms with Crippen molar-refractivity contribution < 1.29 is 24.2 Å². The van der Waals surface area contributed by atoms with Gasteiger partial charge in [-0.05, 0) is 44.9 Å². The molecule has 0 saturated carbocycles. The fourth-order valence-electron chi connectivity index (χ4n) is 2.49. The first kappa shape index (κ1) is 22.3. The summed E-state index contributed by atoms with van der Waals surface area (Å²) in [7, 11) is 1.39. The van der Waals surface area contributed by atoms with Crippen LogP contribution in [0.5, 0.6) is 0 Å². The van der Waals surface area contributed by atoms with Gasteiger partial charge in [-0.1, -0.05) is 36.5 Å². The lowest BCUT2D eigenvalue weighted by Gasteiger charge is -2.00. The van der Waals surface area contributed by atoms with Gasteiger partial charge >= 0.3 is 5.97 Å². The van der Waals surface area contributed by atoms with E-state index in [2.05, 4.69) is 16.9 Å². The summed E-state index contributed by atoms with van der Waals surface area (Å²) in [6, 6.07) is 0. The molecule has 1 rings (SSSR count). The lowest BCUT2D eigenvalue weighted by Crippen LogP contribution is -2.01. The monoisotopic (exact) mass is 364 g/mol. The van der Waals surface area contributed by atoms with Gasteiger partial charge < -0.3 is 19.4 Å². The minimum atomic E-state index is -0.509. The van der Waals surface area contributed by atoms with Crippen molar-refractivity contribution in [1.82, 2.24) is 0 Å². The van der Waals surface area contributed by atoms with Gasteiger partial charge in [-0.15, -0.1) is 0 Å². The first-order valence-electron chi connectivity index (χ1n) is 9.49. The normalized spacial score (nSPS) is 20.8. The SMILES string of the molecule is COC(=O)CCC/C=C\C[C@H](O)/C=C/[C@@H]1O[C@H]1C/C=C\CCCCC=O. The van der Waals surface area contributed by atoms with Gasteiger partial charge in [-0.25, -0.2) is 0 Å².